The number of ether oxygens (including phenoxy) is 1. The molecule has 0 aliphatic heterocycles. The molecule has 0 aliphatic rings. The van der Waals surface area contributed by atoms with Gasteiger partial charge in [-0.05, 0) is 100 Å². The van der Waals surface area contributed by atoms with Crippen LogP contribution >= 0.6 is 45.2 Å². The van der Waals surface area contributed by atoms with Crippen LogP contribution in [0.25, 0.3) is 11.0 Å². The van der Waals surface area contributed by atoms with E-state index in [0.29, 0.717) is 58.4 Å². The highest BCUT2D eigenvalue weighted by molar-refractivity contribution is 14.1. The Morgan fingerprint density at radius 3 is 2.26 bits per heavy atom. The number of carbonyl (C=O) groups excluding carboxylic acids is 3. The third-order valence-electron chi connectivity index (χ3n) is 5.38. The molecule has 0 unspecified atom stereocenters. The van der Waals surface area contributed by atoms with Crippen LogP contribution in [0.2, 0.25) is 0 Å². The van der Waals surface area contributed by atoms with Gasteiger partial charge < -0.3 is 14.9 Å². The van der Waals surface area contributed by atoms with Crippen molar-refractivity contribution in [3.63, 3.8) is 0 Å². The van der Waals surface area contributed by atoms with Crippen LogP contribution in [0.5, 0.6) is 5.75 Å². The van der Waals surface area contributed by atoms with E-state index in [9.17, 15) is 14.4 Å². The minimum absolute atomic E-state index is 0.140. The van der Waals surface area contributed by atoms with E-state index in [1.807, 2.05) is 24.3 Å². The summed E-state index contributed by atoms with van der Waals surface area (Å²) in [6.45, 7) is 0. The molecule has 1 aromatic heterocycles. The summed E-state index contributed by atoms with van der Waals surface area (Å²) in [4.78, 5) is 37.2. The van der Waals surface area contributed by atoms with E-state index in [2.05, 4.69) is 45.2 Å². The van der Waals surface area contributed by atoms with Gasteiger partial charge in [0.25, 0.3) is 0 Å². The lowest BCUT2D eigenvalue weighted by Gasteiger charge is -2.06. The Labute approximate surface area is 229 Å². The summed E-state index contributed by atoms with van der Waals surface area (Å²) in [5, 5.41) is 0.647. The van der Waals surface area contributed by atoms with E-state index in [-0.39, 0.29) is 18.1 Å². The second kappa shape index (κ2) is 11.3. The summed E-state index contributed by atoms with van der Waals surface area (Å²) in [6, 6.07) is 19.4. The smallest absolute Gasteiger partial charge is 0.343 e. The zero-order valence-electron chi connectivity index (χ0n) is 18.6. The zero-order chi connectivity index (χ0) is 24.9. The van der Waals surface area contributed by atoms with Crippen molar-refractivity contribution >= 4 is 73.8 Å². The summed E-state index contributed by atoms with van der Waals surface area (Å²) >= 11 is 4.38. The van der Waals surface area contributed by atoms with Crippen LogP contribution in [0.15, 0.2) is 71.1 Å². The van der Waals surface area contributed by atoms with Crippen molar-refractivity contribution in [2.75, 3.05) is 0 Å². The Bertz CT molecular complexity index is 1390. The number of fused-ring (bicyclic) bond motifs is 1. The van der Waals surface area contributed by atoms with Gasteiger partial charge >= 0.3 is 5.97 Å². The van der Waals surface area contributed by atoms with Crippen molar-refractivity contribution in [2.45, 2.75) is 25.7 Å². The lowest BCUT2D eigenvalue weighted by molar-refractivity contribution is -0.118. The Morgan fingerprint density at radius 2 is 1.57 bits per heavy atom. The number of primary amides is 1. The van der Waals surface area contributed by atoms with Gasteiger partial charge in [-0.15, -0.1) is 0 Å². The van der Waals surface area contributed by atoms with E-state index >= 15 is 0 Å². The van der Waals surface area contributed by atoms with Gasteiger partial charge in [-0.2, -0.15) is 0 Å². The fourth-order valence-electron chi connectivity index (χ4n) is 3.77. The summed E-state index contributed by atoms with van der Waals surface area (Å²) in [5.41, 5.74) is 7.20. The van der Waals surface area contributed by atoms with E-state index < -0.39 is 5.97 Å². The van der Waals surface area contributed by atoms with E-state index in [1.165, 1.54) is 0 Å². The number of hydrogen-bond acceptors (Lipinski definition) is 5. The fraction of sp³-hybridized carbons (Fsp3) is 0.148. The lowest BCUT2D eigenvalue weighted by atomic mass is 9.98. The van der Waals surface area contributed by atoms with Crippen LogP contribution in [0.4, 0.5) is 0 Å². The second-order valence-corrected chi connectivity index (χ2v) is 10.5. The van der Waals surface area contributed by atoms with Crippen LogP contribution in [-0.4, -0.2) is 17.7 Å². The minimum Gasteiger partial charge on any atom is -0.460 e. The molecule has 6 nitrogen and oxygen atoms in total. The number of halogens is 2. The van der Waals surface area contributed by atoms with Gasteiger partial charge in [-0.3, -0.25) is 9.59 Å². The van der Waals surface area contributed by atoms with Crippen LogP contribution < -0.4 is 10.5 Å². The van der Waals surface area contributed by atoms with Gasteiger partial charge in [0.1, 0.15) is 17.1 Å². The van der Waals surface area contributed by atoms with Crippen molar-refractivity contribution in [1.29, 1.82) is 0 Å². The maximum atomic E-state index is 13.6. The average molecular weight is 693 g/mol. The van der Waals surface area contributed by atoms with Crippen molar-refractivity contribution in [3.8, 4) is 5.75 Å². The molecule has 3 aromatic carbocycles. The predicted octanol–water partition coefficient (Wildman–Crippen LogP) is 6.29. The molecule has 0 spiro atoms. The molecular formula is C27H21I2NO5. The first-order chi connectivity index (χ1) is 16.8. The first-order valence-electron chi connectivity index (χ1n) is 10.9. The fourth-order valence-corrected chi connectivity index (χ4v) is 5.71. The largest absolute Gasteiger partial charge is 0.460 e. The first-order valence-corrected chi connectivity index (χ1v) is 13.1. The molecule has 0 aliphatic carbocycles. The number of rotatable bonds is 9. The summed E-state index contributed by atoms with van der Waals surface area (Å²) in [5.74, 6) is -0.116. The molecule has 4 rings (SSSR count). The number of esters is 1. The Kier molecular flexibility index (Phi) is 8.22. The summed E-state index contributed by atoms with van der Waals surface area (Å²) < 4.78 is 13.6. The number of hydrogen-bond donors (Lipinski definition) is 1. The highest BCUT2D eigenvalue weighted by Crippen LogP contribution is 2.33. The number of benzene rings is 3. The van der Waals surface area contributed by atoms with Gasteiger partial charge in [-0.25, -0.2) is 4.79 Å². The first kappa shape index (κ1) is 25.4. The standard InChI is InChI=1S/C27H21I2NO5/c28-18-12-17(13-19(29)14-18)26(32)25-21-11-10-20(34-27(33)16-6-2-1-3-7-16)15-23(21)35-22(25)8-4-5-9-24(30)31/h1-3,6-7,10-15H,4-5,8-9H2,(H2,30,31). The number of nitrogens with two attached hydrogens (primary N) is 1. The number of aryl methyl sites for hydroxylation is 1. The van der Waals surface area contributed by atoms with Crippen molar-refractivity contribution in [2.24, 2.45) is 5.73 Å². The monoisotopic (exact) mass is 693 g/mol. The third kappa shape index (κ3) is 6.29. The minimum atomic E-state index is -0.479. The maximum absolute atomic E-state index is 13.6. The molecule has 0 saturated carbocycles. The molecule has 178 valence electrons. The Morgan fingerprint density at radius 1 is 0.857 bits per heavy atom. The summed E-state index contributed by atoms with van der Waals surface area (Å²) in [7, 11) is 0. The van der Waals surface area contributed by atoms with Crippen LogP contribution in [0, 0.1) is 7.14 Å². The maximum Gasteiger partial charge on any atom is 0.343 e. The van der Waals surface area contributed by atoms with Crippen molar-refractivity contribution < 1.29 is 23.5 Å². The molecule has 8 heteroatoms. The van der Waals surface area contributed by atoms with E-state index in [1.54, 1.807) is 42.5 Å². The molecule has 0 saturated heterocycles. The Balaban J connectivity index is 1.69. The normalized spacial score (nSPS) is 10.9. The molecule has 0 fully saturated rings. The molecule has 0 radical (unpaired) electrons. The lowest BCUT2D eigenvalue weighted by Crippen LogP contribution is -2.10. The van der Waals surface area contributed by atoms with Gasteiger partial charge in [0.05, 0.1) is 11.1 Å². The second-order valence-electron chi connectivity index (χ2n) is 7.97. The topological polar surface area (TPSA) is 99.6 Å². The predicted molar refractivity (Wildman–Crippen MR) is 150 cm³/mol. The molecule has 0 atom stereocenters. The highest BCUT2D eigenvalue weighted by atomic mass is 127. The van der Waals surface area contributed by atoms with Crippen molar-refractivity contribution in [1.82, 2.24) is 0 Å². The third-order valence-corrected chi connectivity index (χ3v) is 6.63. The van der Waals surface area contributed by atoms with Crippen LogP contribution in [-0.2, 0) is 11.2 Å². The van der Waals surface area contributed by atoms with Crippen molar-refractivity contribution in [3.05, 3.63) is 96.3 Å². The Hall–Kier alpha value is -2.73. The molecule has 0 bridgehead atoms. The van der Waals surface area contributed by atoms with Gasteiger partial charge in [0.15, 0.2) is 5.78 Å². The van der Waals surface area contributed by atoms with E-state index in [0.717, 1.165) is 7.14 Å². The molecule has 1 heterocycles. The molecule has 4 aromatic rings. The number of ketones is 1. The average Bonchev–Trinajstić information content (AvgIpc) is 3.18. The molecular weight excluding hydrogens is 672 g/mol. The number of carbonyl (C=O) groups is 3. The number of furan rings is 1. The zero-order valence-corrected chi connectivity index (χ0v) is 22.9. The summed E-state index contributed by atoms with van der Waals surface area (Å²) in [6.07, 6.45) is 1.99. The quantitative estimate of drug-likeness (QED) is 0.0731. The van der Waals surface area contributed by atoms with Gasteiger partial charge in [0.2, 0.25) is 5.91 Å². The SMILES string of the molecule is NC(=O)CCCCc1oc2cc(OC(=O)c3ccccc3)ccc2c1C(=O)c1cc(I)cc(I)c1. The number of unbranched alkanes of at least 4 members (excludes halogenated alkanes) is 1. The van der Waals surface area contributed by atoms with Crippen LogP contribution in [0.3, 0.4) is 0 Å². The molecule has 1 amide bonds. The van der Waals surface area contributed by atoms with Crippen LogP contribution in [0.1, 0.15) is 51.3 Å². The molecule has 35 heavy (non-hydrogen) atoms. The van der Waals surface area contributed by atoms with Gasteiger partial charge in [-0.1, -0.05) is 18.2 Å². The molecule has 2 N–H and O–H groups in total. The number of amides is 1. The van der Waals surface area contributed by atoms with E-state index in [4.69, 9.17) is 14.9 Å². The van der Waals surface area contributed by atoms with Gasteiger partial charge in [0, 0.05) is 37.0 Å². The highest BCUT2D eigenvalue weighted by Gasteiger charge is 2.23.